The Labute approximate surface area is 82.5 Å². The summed E-state index contributed by atoms with van der Waals surface area (Å²) in [6.07, 6.45) is 1.54. The number of pyridine rings is 1. The smallest absolute Gasteiger partial charge is 0.270 e. The molecule has 1 aromatic heterocycles. The van der Waals surface area contributed by atoms with Gasteiger partial charge in [-0.15, -0.1) is 0 Å². The lowest BCUT2D eigenvalue weighted by Crippen LogP contribution is -2.24. The van der Waals surface area contributed by atoms with E-state index >= 15 is 0 Å². The third-order valence-corrected chi connectivity index (χ3v) is 2.77. The fourth-order valence-electron chi connectivity index (χ4n) is 0.721. The van der Waals surface area contributed by atoms with Crippen molar-refractivity contribution in [3.8, 4) is 5.88 Å². The van der Waals surface area contributed by atoms with Crippen molar-refractivity contribution < 1.29 is 17.7 Å². The van der Waals surface area contributed by atoms with Crippen LogP contribution in [0.3, 0.4) is 0 Å². The van der Waals surface area contributed by atoms with Gasteiger partial charge in [0.1, 0.15) is 11.9 Å². The third-order valence-electron chi connectivity index (χ3n) is 1.61. The SMILES string of the molecule is CC(COc1ccccn1)S(=O)(=O)O. The number of ether oxygens (including phenoxy) is 1. The molecule has 0 aliphatic rings. The van der Waals surface area contributed by atoms with Crippen LogP contribution in [0, 0.1) is 0 Å². The molecule has 1 aromatic rings. The molecule has 5 nitrogen and oxygen atoms in total. The van der Waals surface area contributed by atoms with Gasteiger partial charge in [0, 0.05) is 12.3 Å². The Morgan fingerprint density at radius 3 is 2.79 bits per heavy atom. The summed E-state index contributed by atoms with van der Waals surface area (Å²) in [5.74, 6) is 0.336. The van der Waals surface area contributed by atoms with Gasteiger partial charge in [0.15, 0.2) is 0 Å². The molecular weight excluding hydrogens is 206 g/mol. The van der Waals surface area contributed by atoms with Crippen LogP contribution in [0.1, 0.15) is 6.92 Å². The van der Waals surface area contributed by atoms with Crippen molar-refractivity contribution in [1.29, 1.82) is 0 Å². The second-order valence-electron chi connectivity index (χ2n) is 2.80. The standard InChI is InChI=1S/C8H11NO4S/c1-7(14(10,11)12)6-13-8-4-2-3-5-9-8/h2-5,7H,6H2,1H3,(H,10,11,12). The van der Waals surface area contributed by atoms with Crippen LogP contribution < -0.4 is 4.74 Å². The molecule has 14 heavy (non-hydrogen) atoms. The zero-order chi connectivity index (χ0) is 10.6. The first-order valence-electron chi connectivity index (χ1n) is 4.00. The molecule has 0 saturated heterocycles. The van der Waals surface area contributed by atoms with Crippen LogP contribution in [0.5, 0.6) is 5.88 Å². The van der Waals surface area contributed by atoms with Crippen LogP contribution in [0.2, 0.25) is 0 Å². The van der Waals surface area contributed by atoms with Crippen LogP contribution in [0.25, 0.3) is 0 Å². The number of nitrogens with zero attached hydrogens (tertiary/aromatic N) is 1. The van der Waals surface area contributed by atoms with Crippen LogP contribution in [0.15, 0.2) is 24.4 Å². The van der Waals surface area contributed by atoms with E-state index < -0.39 is 15.4 Å². The van der Waals surface area contributed by atoms with Crippen molar-refractivity contribution >= 4 is 10.1 Å². The third kappa shape index (κ3) is 3.31. The van der Waals surface area contributed by atoms with E-state index in [1.54, 1.807) is 18.2 Å². The molecule has 1 heterocycles. The number of hydrogen-bond donors (Lipinski definition) is 1. The summed E-state index contributed by atoms with van der Waals surface area (Å²) >= 11 is 0. The van der Waals surface area contributed by atoms with Crippen LogP contribution >= 0.6 is 0 Å². The van der Waals surface area contributed by atoms with Crippen molar-refractivity contribution in [2.75, 3.05) is 6.61 Å². The molecule has 0 fully saturated rings. The highest BCUT2D eigenvalue weighted by molar-refractivity contribution is 7.86. The zero-order valence-electron chi connectivity index (χ0n) is 7.62. The van der Waals surface area contributed by atoms with E-state index in [0.717, 1.165) is 0 Å². The lowest BCUT2D eigenvalue weighted by atomic mass is 10.5. The van der Waals surface area contributed by atoms with E-state index in [-0.39, 0.29) is 6.61 Å². The Kier molecular flexibility index (Phi) is 3.43. The summed E-state index contributed by atoms with van der Waals surface area (Å²) in [7, 11) is -4.03. The molecule has 6 heteroatoms. The van der Waals surface area contributed by atoms with Gasteiger partial charge in [-0.25, -0.2) is 4.98 Å². The summed E-state index contributed by atoms with van der Waals surface area (Å²) in [5, 5.41) is -0.954. The first-order chi connectivity index (χ1) is 6.50. The maximum Gasteiger partial charge on any atom is 0.270 e. The van der Waals surface area contributed by atoms with Gasteiger partial charge in [-0.1, -0.05) is 6.07 Å². The predicted molar refractivity (Wildman–Crippen MR) is 50.7 cm³/mol. The highest BCUT2D eigenvalue weighted by Gasteiger charge is 2.17. The number of hydrogen-bond acceptors (Lipinski definition) is 4. The lowest BCUT2D eigenvalue weighted by Gasteiger charge is -2.08. The van der Waals surface area contributed by atoms with Gasteiger partial charge in [0.2, 0.25) is 5.88 Å². The van der Waals surface area contributed by atoms with E-state index in [0.29, 0.717) is 5.88 Å². The molecule has 0 aliphatic heterocycles. The Hall–Kier alpha value is -1.14. The molecule has 0 bridgehead atoms. The average molecular weight is 217 g/mol. The minimum Gasteiger partial charge on any atom is -0.476 e. The molecule has 0 saturated carbocycles. The summed E-state index contributed by atoms with van der Waals surface area (Å²) in [4.78, 5) is 3.83. The minimum atomic E-state index is -4.03. The molecule has 1 unspecified atom stereocenters. The van der Waals surface area contributed by atoms with Gasteiger partial charge in [0.25, 0.3) is 10.1 Å². The summed E-state index contributed by atoms with van der Waals surface area (Å²) < 4.78 is 34.9. The molecule has 0 aliphatic carbocycles. The topological polar surface area (TPSA) is 76.5 Å². The highest BCUT2D eigenvalue weighted by Crippen LogP contribution is 2.05. The molecule has 0 aromatic carbocycles. The van der Waals surface area contributed by atoms with E-state index in [1.165, 1.54) is 13.1 Å². The van der Waals surface area contributed by atoms with Crippen LogP contribution in [-0.2, 0) is 10.1 Å². The maximum atomic E-state index is 10.6. The van der Waals surface area contributed by atoms with Crippen LogP contribution in [0.4, 0.5) is 0 Å². The van der Waals surface area contributed by atoms with E-state index in [1.807, 2.05) is 0 Å². The number of aromatic nitrogens is 1. The van der Waals surface area contributed by atoms with Gasteiger partial charge >= 0.3 is 0 Å². The first-order valence-corrected chi connectivity index (χ1v) is 5.50. The highest BCUT2D eigenvalue weighted by atomic mass is 32.2. The van der Waals surface area contributed by atoms with Gasteiger partial charge in [-0.2, -0.15) is 8.42 Å². The van der Waals surface area contributed by atoms with Gasteiger partial charge in [0.05, 0.1) is 0 Å². The molecule has 1 atom stereocenters. The molecule has 78 valence electrons. The van der Waals surface area contributed by atoms with Crippen LogP contribution in [-0.4, -0.2) is 29.8 Å². The predicted octanol–water partition coefficient (Wildman–Crippen LogP) is 0.737. The Bertz CT molecular complexity index is 376. The Morgan fingerprint density at radius 1 is 1.57 bits per heavy atom. The second-order valence-corrected chi connectivity index (χ2v) is 4.64. The van der Waals surface area contributed by atoms with Gasteiger partial charge < -0.3 is 4.74 Å². The molecule has 0 radical (unpaired) electrons. The summed E-state index contributed by atoms with van der Waals surface area (Å²) in [5.41, 5.74) is 0. The maximum absolute atomic E-state index is 10.6. The fraction of sp³-hybridized carbons (Fsp3) is 0.375. The second kappa shape index (κ2) is 4.39. The van der Waals surface area contributed by atoms with Crippen molar-refractivity contribution in [1.82, 2.24) is 4.98 Å². The quantitative estimate of drug-likeness (QED) is 0.752. The molecule has 0 amide bonds. The molecule has 1 rings (SSSR count). The van der Waals surface area contributed by atoms with Crippen molar-refractivity contribution in [3.63, 3.8) is 0 Å². The monoisotopic (exact) mass is 217 g/mol. The van der Waals surface area contributed by atoms with Crippen molar-refractivity contribution in [3.05, 3.63) is 24.4 Å². The van der Waals surface area contributed by atoms with Crippen molar-refractivity contribution in [2.24, 2.45) is 0 Å². The Morgan fingerprint density at radius 2 is 2.29 bits per heavy atom. The van der Waals surface area contributed by atoms with E-state index in [9.17, 15) is 8.42 Å². The molecular formula is C8H11NO4S. The first kappa shape index (κ1) is 10.9. The van der Waals surface area contributed by atoms with Gasteiger partial charge in [-0.05, 0) is 13.0 Å². The molecule has 1 N–H and O–H groups in total. The van der Waals surface area contributed by atoms with E-state index in [2.05, 4.69) is 4.98 Å². The fourth-order valence-corrected chi connectivity index (χ4v) is 0.961. The van der Waals surface area contributed by atoms with E-state index in [4.69, 9.17) is 9.29 Å². The largest absolute Gasteiger partial charge is 0.476 e. The van der Waals surface area contributed by atoms with Gasteiger partial charge in [-0.3, -0.25) is 4.55 Å². The number of rotatable bonds is 4. The molecule has 0 spiro atoms. The normalized spacial score (nSPS) is 13.6. The summed E-state index contributed by atoms with van der Waals surface area (Å²) in [6, 6.07) is 5.05. The summed E-state index contributed by atoms with van der Waals surface area (Å²) in [6.45, 7) is 1.24. The zero-order valence-corrected chi connectivity index (χ0v) is 8.44. The average Bonchev–Trinajstić information content (AvgIpc) is 2.14. The minimum absolute atomic E-state index is 0.115. The van der Waals surface area contributed by atoms with Crippen molar-refractivity contribution in [2.45, 2.75) is 12.2 Å². The lowest BCUT2D eigenvalue weighted by molar-refractivity contribution is 0.299. The Balaban J connectivity index is 2.50.